The number of fused-ring (bicyclic) bond motifs is 6. The van der Waals surface area contributed by atoms with Gasteiger partial charge in [0.2, 0.25) is 0 Å². The molecule has 11 aromatic rings. The van der Waals surface area contributed by atoms with E-state index in [0.29, 0.717) is 5.82 Å². The highest BCUT2D eigenvalue weighted by atomic mass is 16.3. The Labute approximate surface area is 360 Å². The van der Waals surface area contributed by atoms with Crippen LogP contribution in [0.15, 0.2) is 235 Å². The summed E-state index contributed by atoms with van der Waals surface area (Å²) in [6.45, 7) is 0. The quantitative estimate of drug-likeness (QED) is 0.161. The van der Waals surface area contributed by atoms with E-state index in [9.17, 15) is 0 Å². The van der Waals surface area contributed by atoms with Gasteiger partial charge >= 0.3 is 0 Å². The van der Waals surface area contributed by atoms with E-state index in [2.05, 4.69) is 200 Å². The van der Waals surface area contributed by atoms with E-state index >= 15 is 0 Å². The van der Waals surface area contributed by atoms with Crippen LogP contribution in [0.2, 0.25) is 0 Å². The number of rotatable bonds is 7. The van der Waals surface area contributed by atoms with E-state index in [1.165, 1.54) is 38.9 Å². The number of benzene rings is 9. The van der Waals surface area contributed by atoms with Crippen LogP contribution in [0.25, 0.3) is 89.2 Å². The third kappa shape index (κ3) is 5.67. The van der Waals surface area contributed by atoms with Crippen LogP contribution in [0, 0.1) is 0 Å². The lowest BCUT2D eigenvalue weighted by Crippen LogP contribution is -2.28. The van der Waals surface area contributed by atoms with E-state index in [1.807, 2.05) is 30.3 Å². The van der Waals surface area contributed by atoms with Crippen LogP contribution in [0.4, 0.5) is 0 Å². The summed E-state index contributed by atoms with van der Waals surface area (Å²) >= 11 is 0. The summed E-state index contributed by atoms with van der Waals surface area (Å²) in [7, 11) is 0. The van der Waals surface area contributed by atoms with Gasteiger partial charge < -0.3 is 4.42 Å². The van der Waals surface area contributed by atoms with E-state index in [-0.39, 0.29) is 0 Å². The van der Waals surface area contributed by atoms with Gasteiger partial charge in [0.1, 0.15) is 11.2 Å². The highest BCUT2D eigenvalue weighted by Gasteiger charge is 2.46. The number of para-hydroxylation sites is 2. The molecule has 1 aliphatic carbocycles. The predicted molar refractivity (Wildman–Crippen MR) is 254 cm³/mol. The molecule has 12 rings (SSSR count). The molecule has 0 atom stereocenters. The molecule has 0 spiro atoms. The average molecular weight is 791 g/mol. The maximum absolute atomic E-state index is 6.46. The smallest absolute Gasteiger partial charge is 0.160 e. The highest BCUT2D eigenvalue weighted by Crippen LogP contribution is 2.58. The van der Waals surface area contributed by atoms with Crippen LogP contribution in [0.1, 0.15) is 22.3 Å². The summed E-state index contributed by atoms with van der Waals surface area (Å²) in [5, 5.41) is 2.23. The van der Waals surface area contributed by atoms with Gasteiger partial charge in [-0.2, -0.15) is 0 Å². The normalized spacial score (nSPS) is 12.6. The van der Waals surface area contributed by atoms with Gasteiger partial charge in [0.25, 0.3) is 0 Å². The molecular formula is C59H38N2O. The molecule has 0 amide bonds. The van der Waals surface area contributed by atoms with Crippen LogP contribution in [-0.4, -0.2) is 9.97 Å². The largest absolute Gasteiger partial charge is 0.455 e. The summed E-state index contributed by atoms with van der Waals surface area (Å²) < 4.78 is 6.46. The van der Waals surface area contributed by atoms with E-state index in [0.717, 1.165) is 66.7 Å². The van der Waals surface area contributed by atoms with Crippen molar-refractivity contribution in [3.63, 3.8) is 0 Å². The van der Waals surface area contributed by atoms with Crippen LogP contribution in [0.5, 0.6) is 0 Å². The first-order valence-corrected chi connectivity index (χ1v) is 21.1. The number of aromatic nitrogens is 2. The standard InChI is InChI=1S/C59H38N2O/c1-4-18-39(19-5-1)58-60-53(38-54(61-58)43-23-15-21-41(37-43)47-31-16-32-49-48-28-11-13-35-55(48)62-57(47)49)42-22-14-20-40(36-42)46-30-17-34-52-56(46)50-29-10-12-33-51(50)59(52,44-24-6-2-7-25-44)45-26-8-3-9-27-45/h1-38H. The van der Waals surface area contributed by atoms with Crippen molar-refractivity contribution in [2.24, 2.45) is 0 Å². The molecule has 0 bridgehead atoms. The second-order valence-corrected chi connectivity index (χ2v) is 16.0. The van der Waals surface area contributed by atoms with Crippen molar-refractivity contribution in [2.75, 3.05) is 0 Å². The maximum Gasteiger partial charge on any atom is 0.160 e. The molecule has 0 saturated carbocycles. The third-order valence-electron chi connectivity index (χ3n) is 12.6. The Kier molecular flexibility index (Phi) is 8.39. The zero-order valence-electron chi connectivity index (χ0n) is 33.7. The Morgan fingerprint density at radius 3 is 1.53 bits per heavy atom. The van der Waals surface area contributed by atoms with Crippen molar-refractivity contribution < 1.29 is 4.42 Å². The van der Waals surface area contributed by atoms with Crippen molar-refractivity contribution in [3.05, 3.63) is 253 Å². The predicted octanol–water partition coefficient (Wildman–Crippen LogP) is 15.1. The Bertz CT molecular complexity index is 3420. The number of hydrogen-bond donors (Lipinski definition) is 0. The van der Waals surface area contributed by atoms with Crippen LogP contribution >= 0.6 is 0 Å². The molecule has 0 unspecified atom stereocenters. The minimum atomic E-state index is -0.474. The van der Waals surface area contributed by atoms with Gasteiger partial charge in [-0.3, -0.25) is 0 Å². The molecule has 0 N–H and O–H groups in total. The first kappa shape index (κ1) is 35.8. The first-order valence-electron chi connectivity index (χ1n) is 21.1. The molecule has 290 valence electrons. The van der Waals surface area contributed by atoms with E-state index in [4.69, 9.17) is 14.4 Å². The fourth-order valence-corrected chi connectivity index (χ4v) is 9.86. The van der Waals surface area contributed by atoms with Gasteiger partial charge in [-0.15, -0.1) is 0 Å². The minimum Gasteiger partial charge on any atom is -0.455 e. The lowest BCUT2D eigenvalue weighted by molar-refractivity contribution is 0.670. The van der Waals surface area contributed by atoms with Gasteiger partial charge in [-0.25, -0.2) is 9.97 Å². The van der Waals surface area contributed by atoms with Crippen molar-refractivity contribution >= 4 is 21.9 Å². The molecule has 0 fully saturated rings. The lowest BCUT2D eigenvalue weighted by Gasteiger charge is -2.34. The molecular weight excluding hydrogens is 753 g/mol. The molecule has 3 heteroatoms. The number of hydrogen-bond acceptors (Lipinski definition) is 3. The molecule has 2 heterocycles. The SMILES string of the molecule is c1ccc(-c2nc(-c3cccc(-c4cccc5c4-c4ccccc4C5(c4ccccc4)c4ccccc4)c3)cc(-c3cccc(-c4cccc5c4oc4ccccc45)c3)n2)cc1. The summed E-state index contributed by atoms with van der Waals surface area (Å²) in [4.78, 5) is 10.5. The van der Waals surface area contributed by atoms with Crippen molar-refractivity contribution in [1.29, 1.82) is 0 Å². The van der Waals surface area contributed by atoms with Gasteiger partial charge in [-0.1, -0.05) is 206 Å². The fraction of sp³-hybridized carbons (Fsp3) is 0.0169. The number of nitrogens with zero attached hydrogens (tertiary/aromatic N) is 2. The van der Waals surface area contributed by atoms with E-state index in [1.54, 1.807) is 0 Å². The van der Waals surface area contributed by atoms with Crippen molar-refractivity contribution in [1.82, 2.24) is 9.97 Å². The molecule has 9 aromatic carbocycles. The molecule has 1 aliphatic rings. The van der Waals surface area contributed by atoms with Gasteiger partial charge in [0.15, 0.2) is 5.82 Å². The lowest BCUT2D eigenvalue weighted by atomic mass is 9.67. The highest BCUT2D eigenvalue weighted by molar-refractivity contribution is 6.09. The topological polar surface area (TPSA) is 38.9 Å². The summed E-state index contributed by atoms with van der Waals surface area (Å²) in [5.74, 6) is 0.679. The van der Waals surface area contributed by atoms with Crippen LogP contribution in [-0.2, 0) is 5.41 Å². The van der Waals surface area contributed by atoms with Gasteiger partial charge in [-0.05, 0) is 74.3 Å². The van der Waals surface area contributed by atoms with Crippen molar-refractivity contribution in [3.8, 4) is 67.3 Å². The molecule has 0 saturated heterocycles. The van der Waals surface area contributed by atoms with Crippen LogP contribution in [0.3, 0.4) is 0 Å². The number of furan rings is 1. The summed E-state index contributed by atoms with van der Waals surface area (Å²) in [6, 6.07) is 82.2. The Morgan fingerprint density at radius 2 is 0.823 bits per heavy atom. The summed E-state index contributed by atoms with van der Waals surface area (Å²) in [6.07, 6.45) is 0. The molecule has 3 nitrogen and oxygen atoms in total. The van der Waals surface area contributed by atoms with Crippen LogP contribution < -0.4 is 0 Å². The molecule has 0 aliphatic heterocycles. The Balaban J connectivity index is 1.02. The second kappa shape index (κ2) is 14.5. The fourth-order valence-electron chi connectivity index (χ4n) is 9.86. The second-order valence-electron chi connectivity index (χ2n) is 16.0. The minimum absolute atomic E-state index is 0.474. The van der Waals surface area contributed by atoms with Gasteiger partial charge in [0, 0.05) is 33.0 Å². The molecule has 62 heavy (non-hydrogen) atoms. The van der Waals surface area contributed by atoms with Gasteiger partial charge in [0.05, 0.1) is 16.8 Å². The Hall–Kier alpha value is -8.14. The summed E-state index contributed by atoms with van der Waals surface area (Å²) in [5.41, 5.74) is 18.0. The third-order valence-corrected chi connectivity index (χ3v) is 12.6. The average Bonchev–Trinajstić information content (AvgIpc) is 3.89. The maximum atomic E-state index is 6.46. The monoisotopic (exact) mass is 790 g/mol. The zero-order chi connectivity index (χ0) is 41.0. The molecule has 2 aromatic heterocycles. The van der Waals surface area contributed by atoms with Crippen molar-refractivity contribution in [2.45, 2.75) is 5.41 Å². The Morgan fingerprint density at radius 1 is 0.339 bits per heavy atom. The first-order chi connectivity index (χ1) is 30.7. The molecule has 0 radical (unpaired) electrons. The van der Waals surface area contributed by atoms with E-state index < -0.39 is 5.41 Å². The zero-order valence-corrected chi connectivity index (χ0v) is 33.7.